The van der Waals surface area contributed by atoms with E-state index in [1.54, 1.807) is 26.0 Å². The molecule has 0 radical (unpaired) electrons. The lowest BCUT2D eigenvalue weighted by molar-refractivity contribution is -0.129. The number of ketones is 2. The van der Waals surface area contributed by atoms with Gasteiger partial charge in [0.05, 0.1) is 13.0 Å². The standard InChI is InChI=1S/C10H17O3P/c1-8(11)7-9(12)10(2,3)5-4-6-13-14/h4-5H,6-7,14H2,1-3H3/b5-4+. The molecule has 0 saturated carbocycles. The lowest BCUT2D eigenvalue weighted by atomic mass is 9.85. The fourth-order valence-electron chi connectivity index (χ4n) is 0.945. The zero-order valence-electron chi connectivity index (χ0n) is 8.87. The van der Waals surface area contributed by atoms with Crippen LogP contribution in [0.2, 0.25) is 0 Å². The summed E-state index contributed by atoms with van der Waals surface area (Å²) in [6.45, 7) is 5.44. The molecule has 0 aliphatic rings. The van der Waals surface area contributed by atoms with Gasteiger partial charge in [0.2, 0.25) is 0 Å². The molecule has 0 amide bonds. The van der Waals surface area contributed by atoms with Crippen molar-refractivity contribution in [1.82, 2.24) is 0 Å². The van der Waals surface area contributed by atoms with E-state index < -0.39 is 5.41 Å². The number of carbonyl (C=O) groups excluding carboxylic acids is 2. The molecule has 0 rings (SSSR count). The normalized spacial score (nSPS) is 12.0. The van der Waals surface area contributed by atoms with E-state index >= 15 is 0 Å². The quantitative estimate of drug-likeness (QED) is 0.387. The molecule has 0 aromatic heterocycles. The highest BCUT2D eigenvalue weighted by Gasteiger charge is 2.24. The Kier molecular flexibility index (Phi) is 5.82. The van der Waals surface area contributed by atoms with Gasteiger partial charge in [-0.05, 0) is 20.8 Å². The van der Waals surface area contributed by atoms with Crippen molar-refractivity contribution in [3.05, 3.63) is 12.2 Å². The maximum Gasteiger partial charge on any atom is 0.149 e. The molecule has 80 valence electrons. The summed E-state index contributed by atoms with van der Waals surface area (Å²) in [5.74, 6) is -0.163. The number of hydrogen-bond acceptors (Lipinski definition) is 3. The molecule has 0 N–H and O–H groups in total. The highest BCUT2D eigenvalue weighted by Crippen LogP contribution is 2.20. The molecule has 0 fully saturated rings. The number of carbonyl (C=O) groups is 2. The minimum atomic E-state index is -0.588. The number of allylic oxidation sites excluding steroid dienone is 1. The molecule has 4 heteroatoms. The van der Waals surface area contributed by atoms with Gasteiger partial charge in [0.15, 0.2) is 0 Å². The molecule has 3 nitrogen and oxygen atoms in total. The van der Waals surface area contributed by atoms with Gasteiger partial charge >= 0.3 is 0 Å². The minimum absolute atomic E-state index is 0.000920. The first-order chi connectivity index (χ1) is 6.40. The molecule has 0 spiro atoms. The molecule has 0 aromatic rings. The van der Waals surface area contributed by atoms with Gasteiger partial charge in [0.25, 0.3) is 0 Å². The second kappa shape index (κ2) is 6.05. The lowest BCUT2D eigenvalue weighted by Crippen LogP contribution is -2.23. The van der Waals surface area contributed by atoms with Gasteiger partial charge in [-0.15, -0.1) is 0 Å². The summed E-state index contributed by atoms with van der Waals surface area (Å²) in [7, 11) is 2.13. The van der Waals surface area contributed by atoms with Gasteiger partial charge < -0.3 is 4.52 Å². The average molecular weight is 216 g/mol. The van der Waals surface area contributed by atoms with E-state index in [4.69, 9.17) is 4.52 Å². The Morgan fingerprint density at radius 1 is 1.43 bits per heavy atom. The van der Waals surface area contributed by atoms with Crippen molar-refractivity contribution in [2.24, 2.45) is 5.41 Å². The van der Waals surface area contributed by atoms with Crippen LogP contribution in [0.15, 0.2) is 12.2 Å². The molecule has 0 heterocycles. The van der Waals surface area contributed by atoms with Crippen LogP contribution < -0.4 is 0 Å². The third-order valence-corrected chi connectivity index (χ3v) is 2.05. The Labute approximate surface area is 87.2 Å². The van der Waals surface area contributed by atoms with Crippen LogP contribution in [0.5, 0.6) is 0 Å². The smallest absolute Gasteiger partial charge is 0.149 e. The SMILES string of the molecule is CC(=O)CC(=O)C(C)(C)/C=C/COP. The third kappa shape index (κ3) is 5.25. The van der Waals surface area contributed by atoms with Gasteiger partial charge in [-0.1, -0.05) is 12.2 Å². The predicted molar refractivity (Wildman–Crippen MR) is 58.9 cm³/mol. The second-order valence-corrected chi connectivity index (χ2v) is 4.09. The minimum Gasteiger partial charge on any atom is -0.362 e. The van der Waals surface area contributed by atoms with E-state index in [1.165, 1.54) is 6.92 Å². The van der Waals surface area contributed by atoms with Gasteiger partial charge in [-0.2, -0.15) is 0 Å². The largest absolute Gasteiger partial charge is 0.362 e. The summed E-state index contributed by atoms with van der Waals surface area (Å²) in [4.78, 5) is 22.3. The van der Waals surface area contributed by atoms with Crippen LogP contribution in [0, 0.1) is 5.41 Å². The van der Waals surface area contributed by atoms with Crippen LogP contribution in [-0.2, 0) is 14.1 Å². The van der Waals surface area contributed by atoms with Crippen molar-refractivity contribution >= 4 is 21.0 Å². The van der Waals surface area contributed by atoms with Crippen molar-refractivity contribution in [1.29, 1.82) is 0 Å². The average Bonchev–Trinajstić information content (AvgIpc) is 2.03. The first-order valence-corrected chi connectivity index (χ1v) is 4.89. The predicted octanol–water partition coefficient (Wildman–Crippen LogP) is 1.92. The van der Waals surface area contributed by atoms with Crippen LogP contribution in [0.25, 0.3) is 0 Å². The Morgan fingerprint density at radius 3 is 2.43 bits per heavy atom. The van der Waals surface area contributed by atoms with Crippen molar-refractivity contribution in [3.8, 4) is 0 Å². The molecule has 0 aliphatic carbocycles. The van der Waals surface area contributed by atoms with Gasteiger partial charge in [0, 0.05) is 14.9 Å². The summed E-state index contributed by atoms with van der Waals surface area (Å²) in [5, 5.41) is 0. The van der Waals surface area contributed by atoms with Crippen molar-refractivity contribution in [2.75, 3.05) is 6.61 Å². The Hall–Kier alpha value is -0.530. The molecule has 1 unspecified atom stereocenters. The number of hydrogen-bond donors (Lipinski definition) is 0. The maximum absolute atomic E-state index is 11.6. The van der Waals surface area contributed by atoms with Crippen molar-refractivity contribution in [2.45, 2.75) is 27.2 Å². The molecule has 0 saturated heterocycles. The molecular weight excluding hydrogens is 199 g/mol. The van der Waals surface area contributed by atoms with Crippen LogP contribution in [0.4, 0.5) is 0 Å². The van der Waals surface area contributed by atoms with E-state index in [9.17, 15) is 9.59 Å². The second-order valence-electron chi connectivity index (χ2n) is 3.76. The first kappa shape index (κ1) is 13.5. The highest BCUT2D eigenvalue weighted by atomic mass is 31.0. The summed E-state index contributed by atoms with van der Waals surface area (Å²) in [6.07, 6.45) is 3.53. The van der Waals surface area contributed by atoms with E-state index in [-0.39, 0.29) is 18.0 Å². The van der Waals surface area contributed by atoms with E-state index in [0.29, 0.717) is 6.61 Å². The summed E-state index contributed by atoms with van der Waals surface area (Å²) in [5.41, 5.74) is -0.588. The van der Waals surface area contributed by atoms with Crippen molar-refractivity contribution in [3.63, 3.8) is 0 Å². The molecule has 14 heavy (non-hydrogen) atoms. The van der Waals surface area contributed by atoms with Crippen LogP contribution in [0.3, 0.4) is 0 Å². The van der Waals surface area contributed by atoms with Crippen molar-refractivity contribution < 1.29 is 14.1 Å². The zero-order valence-corrected chi connectivity index (χ0v) is 10.0. The Morgan fingerprint density at radius 2 is 2.00 bits per heavy atom. The van der Waals surface area contributed by atoms with Gasteiger partial charge in [0.1, 0.15) is 11.6 Å². The van der Waals surface area contributed by atoms with E-state index in [0.717, 1.165) is 0 Å². The van der Waals surface area contributed by atoms with E-state index in [1.807, 2.05) is 0 Å². The van der Waals surface area contributed by atoms with Crippen LogP contribution in [-0.4, -0.2) is 18.2 Å². The summed E-state index contributed by atoms with van der Waals surface area (Å²) in [6, 6.07) is 0. The summed E-state index contributed by atoms with van der Waals surface area (Å²) >= 11 is 0. The fourth-order valence-corrected chi connectivity index (χ4v) is 1.06. The lowest BCUT2D eigenvalue weighted by Gasteiger charge is -2.17. The van der Waals surface area contributed by atoms with Crippen LogP contribution >= 0.6 is 9.47 Å². The number of rotatable bonds is 6. The third-order valence-electron chi connectivity index (χ3n) is 1.86. The fraction of sp³-hybridized carbons (Fsp3) is 0.600. The molecular formula is C10H17O3P. The summed E-state index contributed by atoms with van der Waals surface area (Å²) < 4.78 is 4.75. The van der Waals surface area contributed by atoms with Crippen LogP contribution in [0.1, 0.15) is 27.2 Å². The molecule has 0 aliphatic heterocycles. The Balaban J connectivity index is 4.29. The first-order valence-electron chi connectivity index (χ1n) is 4.42. The molecule has 1 atom stereocenters. The highest BCUT2D eigenvalue weighted by molar-refractivity contribution is 7.09. The number of Topliss-reactive ketones (excluding diaryl/α,β-unsaturated/α-hetero) is 2. The molecule has 0 bridgehead atoms. The Bertz CT molecular complexity index is 244. The maximum atomic E-state index is 11.6. The van der Waals surface area contributed by atoms with Gasteiger partial charge in [-0.3, -0.25) is 9.59 Å². The zero-order chi connectivity index (χ0) is 11.2. The monoisotopic (exact) mass is 216 g/mol. The topological polar surface area (TPSA) is 43.4 Å². The molecule has 0 aromatic carbocycles. The van der Waals surface area contributed by atoms with E-state index in [2.05, 4.69) is 9.47 Å². The van der Waals surface area contributed by atoms with Gasteiger partial charge in [-0.25, -0.2) is 0 Å².